The highest BCUT2D eigenvalue weighted by atomic mass is 79.9. The zero-order valence-electron chi connectivity index (χ0n) is 14.0. The Kier molecular flexibility index (Phi) is 7.02. The highest BCUT2D eigenvalue weighted by Crippen LogP contribution is 2.19. The number of urea groups is 1. The maximum absolute atomic E-state index is 12.1. The number of esters is 1. The highest BCUT2D eigenvalue weighted by molar-refractivity contribution is 9.10. The summed E-state index contributed by atoms with van der Waals surface area (Å²) in [5.74, 6) is -0.558. The van der Waals surface area contributed by atoms with Crippen LogP contribution in [-0.4, -0.2) is 37.4 Å². The van der Waals surface area contributed by atoms with E-state index >= 15 is 0 Å². The SMILES string of the molecule is COC(=O)C(COC(C)(C)C)NC(=O)Nc1ccc(Br)cc1C. The van der Waals surface area contributed by atoms with Crippen molar-refractivity contribution < 1.29 is 19.1 Å². The number of ether oxygens (including phenoxy) is 2. The number of halogens is 1. The lowest BCUT2D eigenvalue weighted by atomic mass is 10.2. The average molecular weight is 387 g/mol. The summed E-state index contributed by atoms with van der Waals surface area (Å²) in [5.41, 5.74) is 1.13. The van der Waals surface area contributed by atoms with Crippen LogP contribution >= 0.6 is 15.9 Å². The van der Waals surface area contributed by atoms with Gasteiger partial charge in [0.2, 0.25) is 0 Å². The van der Waals surface area contributed by atoms with E-state index < -0.39 is 23.6 Å². The zero-order chi connectivity index (χ0) is 17.6. The number of rotatable bonds is 5. The number of methoxy groups -OCH3 is 1. The molecule has 0 saturated carbocycles. The van der Waals surface area contributed by atoms with Crippen molar-refractivity contribution in [1.29, 1.82) is 0 Å². The third-order valence-corrected chi connectivity index (χ3v) is 3.40. The van der Waals surface area contributed by atoms with Crippen LogP contribution in [0.5, 0.6) is 0 Å². The molecule has 1 atom stereocenters. The molecule has 0 fully saturated rings. The molecular weight excluding hydrogens is 364 g/mol. The smallest absolute Gasteiger partial charge is 0.330 e. The molecule has 0 aliphatic rings. The van der Waals surface area contributed by atoms with Gasteiger partial charge < -0.3 is 20.1 Å². The molecule has 0 radical (unpaired) electrons. The van der Waals surface area contributed by atoms with Crippen LogP contribution in [-0.2, 0) is 14.3 Å². The Bertz CT molecular complexity index is 570. The summed E-state index contributed by atoms with van der Waals surface area (Å²) in [6, 6.07) is 4.11. The molecule has 1 rings (SSSR count). The number of carbonyl (C=O) groups is 2. The summed E-state index contributed by atoms with van der Waals surface area (Å²) in [5, 5.41) is 5.28. The lowest BCUT2D eigenvalue weighted by molar-refractivity contribution is -0.145. The maximum Gasteiger partial charge on any atom is 0.330 e. The van der Waals surface area contributed by atoms with Gasteiger partial charge in [0.05, 0.1) is 19.3 Å². The fraction of sp³-hybridized carbons (Fsp3) is 0.500. The summed E-state index contributed by atoms with van der Waals surface area (Å²) in [7, 11) is 1.27. The van der Waals surface area contributed by atoms with Crippen molar-refractivity contribution in [2.45, 2.75) is 39.3 Å². The Balaban J connectivity index is 2.70. The van der Waals surface area contributed by atoms with Crippen LogP contribution in [0.25, 0.3) is 0 Å². The van der Waals surface area contributed by atoms with E-state index in [0.29, 0.717) is 5.69 Å². The Morgan fingerprint density at radius 3 is 2.48 bits per heavy atom. The van der Waals surface area contributed by atoms with Crippen molar-refractivity contribution in [3.8, 4) is 0 Å². The van der Waals surface area contributed by atoms with Gasteiger partial charge in [-0.1, -0.05) is 15.9 Å². The lowest BCUT2D eigenvalue weighted by Crippen LogP contribution is -2.47. The third-order valence-electron chi connectivity index (χ3n) is 2.91. The molecule has 0 aliphatic heterocycles. The first-order chi connectivity index (χ1) is 10.6. The molecule has 1 unspecified atom stereocenters. The fourth-order valence-electron chi connectivity index (χ4n) is 1.73. The number of hydrogen-bond acceptors (Lipinski definition) is 4. The predicted molar refractivity (Wildman–Crippen MR) is 92.5 cm³/mol. The van der Waals surface area contributed by atoms with Gasteiger partial charge in [-0.15, -0.1) is 0 Å². The summed E-state index contributed by atoms with van der Waals surface area (Å²) in [6.07, 6.45) is 0. The highest BCUT2D eigenvalue weighted by Gasteiger charge is 2.24. The molecule has 0 aliphatic carbocycles. The van der Waals surface area contributed by atoms with Crippen molar-refractivity contribution in [3.63, 3.8) is 0 Å². The van der Waals surface area contributed by atoms with E-state index in [0.717, 1.165) is 10.0 Å². The molecule has 6 nitrogen and oxygen atoms in total. The molecule has 2 amide bonds. The Hall–Kier alpha value is -1.60. The first-order valence-corrected chi connectivity index (χ1v) is 7.97. The van der Waals surface area contributed by atoms with Gasteiger partial charge >= 0.3 is 12.0 Å². The van der Waals surface area contributed by atoms with Gasteiger partial charge in [0.15, 0.2) is 6.04 Å². The number of anilines is 1. The molecule has 0 saturated heterocycles. The van der Waals surface area contributed by atoms with Gasteiger partial charge in [0, 0.05) is 10.2 Å². The van der Waals surface area contributed by atoms with Gasteiger partial charge in [-0.05, 0) is 51.5 Å². The Morgan fingerprint density at radius 1 is 1.30 bits per heavy atom. The summed E-state index contributed by atoms with van der Waals surface area (Å²) in [6.45, 7) is 7.51. The number of nitrogens with one attached hydrogen (secondary N) is 2. The molecule has 23 heavy (non-hydrogen) atoms. The monoisotopic (exact) mass is 386 g/mol. The molecule has 1 aromatic carbocycles. The van der Waals surface area contributed by atoms with E-state index in [1.165, 1.54) is 7.11 Å². The number of carbonyl (C=O) groups excluding carboxylic acids is 2. The minimum atomic E-state index is -0.880. The van der Waals surface area contributed by atoms with Crippen LogP contribution in [0.15, 0.2) is 22.7 Å². The van der Waals surface area contributed by atoms with Crippen molar-refractivity contribution in [2.75, 3.05) is 19.0 Å². The molecule has 0 aromatic heterocycles. The van der Waals surface area contributed by atoms with E-state index in [4.69, 9.17) is 9.47 Å². The quantitative estimate of drug-likeness (QED) is 0.761. The van der Waals surface area contributed by atoms with E-state index in [2.05, 4.69) is 26.6 Å². The second kappa shape index (κ2) is 8.31. The van der Waals surface area contributed by atoms with Crippen LogP contribution in [0.3, 0.4) is 0 Å². The minimum absolute atomic E-state index is 0.0307. The maximum atomic E-state index is 12.1. The first-order valence-electron chi connectivity index (χ1n) is 7.18. The van der Waals surface area contributed by atoms with Gasteiger partial charge in [0.25, 0.3) is 0 Å². The number of hydrogen-bond donors (Lipinski definition) is 2. The van der Waals surface area contributed by atoms with Crippen molar-refractivity contribution in [3.05, 3.63) is 28.2 Å². The van der Waals surface area contributed by atoms with Gasteiger partial charge in [-0.3, -0.25) is 0 Å². The zero-order valence-corrected chi connectivity index (χ0v) is 15.6. The summed E-state index contributed by atoms with van der Waals surface area (Å²) < 4.78 is 11.2. The Labute approximate surface area is 145 Å². The molecule has 0 bridgehead atoms. The number of amides is 2. The molecule has 2 N–H and O–H groups in total. The van der Waals surface area contributed by atoms with Crippen LogP contribution in [0.2, 0.25) is 0 Å². The average Bonchev–Trinajstić information content (AvgIpc) is 2.44. The van der Waals surface area contributed by atoms with Crippen molar-refractivity contribution >= 4 is 33.6 Å². The van der Waals surface area contributed by atoms with E-state index in [9.17, 15) is 9.59 Å². The van der Waals surface area contributed by atoms with Gasteiger partial charge in [-0.25, -0.2) is 9.59 Å². The second-order valence-corrected chi connectivity index (χ2v) is 6.97. The first kappa shape index (κ1) is 19.4. The van der Waals surface area contributed by atoms with E-state index in [-0.39, 0.29) is 6.61 Å². The van der Waals surface area contributed by atoms with Crippen LogP contribution < -0.4 is 10.6 Å². The van der Waals surface area contributed by atoms with Crippen LogP contribution in [0.4, 0.5) is 10.5 Å². The third kappa shape index (κ3) is 7.00. The number of benzene rings is 1. The van der Waals surface area contributed by atoms with Crippen molar-refractivity contribution in [1.82, 2.24) is 5.32 Å². The largest absolute Gasteiger partial charge is 0.467 e. The lowest BCUT2D eigenvalue weighted by Gasteiger charge is -2.24. The van der Waals surface area contributed by atoms with Crippen LogP contribution in [0.1, 0.15) is 26.3 Å². The predicted octanol–water partition coefficient (Wildman–Crippen LogP) is 3.24. The molecule has 0 heterocycles. The molecule has 128 valence electrons. The minimum Gasteiger partial charge on any atom is -0.467 e. The molecule has 7 heteroatoms. The summed E-state index contributed by atoms with van der Waals surface area (Å²) >= 11 is 3.36. The Morgan fingerprint density at radius 2 is 1.96 bits per heavy atom. The van der Waals surface area contributed by atoms with E-state index in [1.807, 2.05) is 39.8 Å². The van der Waals surface area contributed by atoms with E-state index in [1.54, 1.807) is 6.07 Å². The van der Waals surface area contributed by atoms with Gasteiger partial charge in [0.1, 0.15) is 0 Å². The topological polar surface area (TPSA) is 76.7 Å². The number of aryl methyl sites for hydroxylation is 1. The molecule has 0 spiro atoms. The van der Waals surface area contributed by atoms with Crippen LogP contribution in [0, 0.1) is 6.92 Å². The fourth-order valence-corrected chi connectivity index (χ4v) is 2.20. The van der Waals surface area contributed by atoms with Gasteiger partial charge in [-0.2, -0.15) is 0 Å². The normalized spacial score (nSPS) is 12.4. The van der Waals surface area contributed by atoms with Crippen molar-refractivity contribution in [2.24, 2.45) is 0 Å². The second-order valence-electron chi connectivity index (χ2n) is 6.06. The standard InChI is InChI=1S/C16H23BrN2O4/c1-10-8-11(17)6-7-12(10)18-15(21)19-13(14(20)22-5)9-23-16(2,3)4/h6-8,13H,9H2,1-5H3,(H2,18,19,21). The summed E-state index contributed by atoms with van der Waals surface area (Å²) in [4.78, 5) is 23.9. The molecular formula is C16H23BrN2O4. The molecule has 1 aromatic rings.